The second kappa shape index (κ2) is 4.64. The molecule has 1 rings (SSSR count). The zero-order valence-electron chi connectivity index (χ0n) is 9.40. The molecule has 0 aliphatic heterocycles. The smallest absolute Gasteiger partial charge is 0.321 e. The number of hydrogen-bond donors (Lipinski definition) is 2. The van der Waals surface area contributed by atoms with E-state index >= 15 is 0 Å². The van der Waals surface area contributed by atoms with E-state index in [0.29, 0.717) is 5.75 Å². The van der Waals surface area contributed by atoms with Crippen LogP contribution in [0.15, 0.2) is 24.3 Å². The van der Waals surface area contributed by atoms with E-state index in [1.54, 1.807) is 13.0 Å². The van der Waals surface area contributed by atoms with Crippen LogP contribution in [0.5, 0.6) is 5.75 Å². The molecule has 0 bridgehead atoms. The highest BCUT2D eigenvalue weighted by Crippen LogP contribution is 2.28. The highest BCUT2D eigenvalue weighted by atomic mass is 16.8. The average molecular weight is 210 g/mol. The summed E-state index contributed by atoms with van der Waals surface area (Å²) in [6.07, 6.45) is 0.124. The van der Waals surface area contributed by atoms with Gasteiger partial charge in [-0.2, -0.15) is 0 Å². The Balaban J connectivity index is 2.94. The van der Waals surface area contributed by atoms with Crippen LogP contribution in [0, 0.1) is 0 Å². The van der Waals surface area contributed by atoms with Crippen molar-refractivity contribution in [2.24, 2.45) is 0 Å². The summed E-state index contributed by atoms with van der Waals surface area (Å²) in [5, 5.41) is 18.8. The topological polar surface area (TPSA) is 49.7 Å². The Morgan fingerprint density at radius 2 is 1.87 bits per heavy atom. The molecule has 3 nitrogen and oxygen atoms in total. The summed E-state index contributed by atoms with van der Waals surface area (Å²) in [6.45, 7) is 5.72. The Morgan fingerprint density at radius 3 is 2.40 bits per heavy atom. The third-order valence-electron chi connectivity index (χ3n) is 2.27. The van der Waals surface area contributed by atoms with Gasteiger partial charge in [0, 0.05) is 6.42 Å². The second-order valence-electron chi connectivity index (χ2n) is 3.89. The first-order valence-corrected chi connectivity index (χ1v) is 5.19. The molecule has 0 amide bonds. The van der Waals surface area contributed by atoms with E-state index in [-0.39, 0.29) is 12.3 Å². The van der Waals surface area contributed by atoms with Gasteiger partial charge in [-0.15, -0.1) is 0 Å². The van der Waals surface area contributed by atoms with Crippen LogP contribution < -0.4 is 4.74 Å². The lowest BCUT2D eigenvalue weighted by atomic mass is 10.0. The molecule has 0 unspecified atom stereocenters. The number of hydrogen-bond acceptors (Lipinski definition) is 3. The highest BCUT2D eigenvalue weighted by Gasteiger charge is 2.24. The maximum atomic E-state index is 9.42. The molecule has 0 heterocycles. The molecule has 0 saturated carbocycles. The molecule has 0 aliphatic rings. The van der Waals surface area contributed by atoms with Gasteiger partial charge >= 0.3 is 5.97 Å². The van der Waals surface area contributed by atoms with Crippen molar-refractivity contribution < 1.29 is 14.9 Å². The molecule has 0 radical (unpaired) electrons. The lowest BCUT2D eigenvalue weighted by Gasteiger charge is -2.23. The van der Waals surface area contributed by atoms with Crippen molar-refractivity contribution in [1.29, 1.82) is 0 Å². The molecule has 0 spiro atoms. The summed E-state index contributed by atoms with van der Waals surface area (Å²) in [4.78, 5) is 0. The van der Waals surface area contributed by atoms with Gasteiger partial charge in [0.15, 0.2) is 0 Å². The predicted octanol–water partition coefficient (Wildman–Crippen LogP) is 2.24. The Morgan fingerprint density at radius 1 is 1.27 bits per heavy atom. The van der Waals surface area contributed by atoms with E-state index in [4.69, 9.17) is 4.74 Å². The summed E-state index contributed by atoms with van der Waals surface area (Å²) in [7, 11) is 0. The molecule has 2 N–H and O–H groups in total. The minimum atomic E-state index is -2.08. The second-order valence-corrected chi connectivity index (χ2v) is 3.89. The summed E-state index contributed by atoms with van der Waals surface area (Å²) < 4.78 is 5.15. The van der Waals surface area contributed by atoms with Crippen LogP contribution in [0.3, 0.4) is 0 Å². The van der Waals surface area contributed by atoms with E-state index in [0.717, 1.165) is 5.56 Å². The quantitative estimate of drug-likeness (QED) is 0.749. The fourth-order valence-corrected chi connectivity index (χ4v) is 1.30. The number of para-hydroxylation sites is 1. The van der Waals surface area contributed by atoms with Gasteiger partial charge in [-0.05, 0) is 17.5 Å². The van der Waals surface area contributed by atoms with Gasteiger partial charge in [-0.3, -0.25) is 0 Å². The first-order chi connectivity index (χ1) is 6.96. The molecule has 0 fully saturated rings. The van der Waals surface area contributed by atoms with Gasteiger partial charge in [-0.1, -0.05) is 39.0 Å². The first kappa shape index (κ1) is 12.0. The van der Waals surface area contributed by atoms with Crippen molar-refractivity contribution in [2.75, 3.05) is 0 Å². The molecular weight excluding hydrogens is 192 g/mol. The molecule has 3 heteroatoms. The molecule has 0 saturated heterocycles. The monoisotopic (exact) mass is 210 g/mol. The van der Waals surface area contributed by atoms with Crippen LogP contribution in [0.4, 0.5) is 0 Å². The van der Waals surface area contributed by atoms with Crippen LogP contribution in [-0.4, -0.2) is 16.2 Å². The number of benzene rings is 1. The standard InChI is InChI=1S/C12H18O3/c1-4-12(13,14)15-11-8-6-5-7-10(11)9(2)3/h5-9,13-14H,4H2,1-3H3. The summed E-state index contributed by atoms with van der Waals surface area (Å²) in [6, 6.07) is 7.38. The molecular formula is C12H18O3. The zero-order chi connectivity index (χ0) is 11.5. The number of rotatable bonds is 4. The number of ether oxygens (including phenoxy) is 1. The zero-order valence-corrected chi connectivity index (χ0v) is 9.40. The van der Waals surface area contributed by atoms with Crippen molar-refractivity contribution >= 4 is 0 Å². The minimum Gasteiger partial charge on any atom is -0.439 e. The largest absolute Gasteiger partial charge is 0.439 e. The van der Waals surface area contributed by atoms with Gasteiger partial charge in [0.05, 0.1) is 0 Å². The molecule has 1 aromatic rings. The predicted molar refractivity (Wildman–Crippen MR) is 58.6 cm³/mol. The lowest BCUT2D eigenvalue weighted by Crippen LogP contribution is -2.34. The fraction of sp³-hybridized carbons (Fsp3) is 0.500. The van der Waals surface area contributed by atoms with Crippen LogP contribution in [0.25, 0.3) is 0 Å². The Labute approximate surface area is 90.3 Å². The highest BCUT2D eigenvalue weighted by molar-refractivity contribution is 5.35. The van der Waals surface area contributed by atoms with E-state index in [1.165, 1.54) is 0 Å². The van der Waals surface area contributed by atoms with Crippen LogP contribution >= 0.6 is 0 Å². The fourth-order valence-electron chi connectivity index (χ4n) is 1.30. The molecule has 84 valence electrons. The van der Waals surface area contributed by atoms with Gasteiger partial charge in [-0.25, -0.2) is 0 Å². The van der Waals surface area contributed by atoms with Crippen molar-refractivity contribution in [3.8, 4) is 5.75 Å². The van der Waals surface area contributed by atoms with E-state index < -0.39 is 5.97 Å². The van der Waals surface area contributed by atoms with Gasteiger partial charge < -0.3 is 14.9 Å². The van der Waals surface area contributed by atoms with Crippen LogP contribution in [0.1, 0.15) is 38.7 Å². The van der Waals surface area contributed by atoms with Crippen LogP contribution in [0.2, 0.25) is 0 Å². The molecule has 0 aliphatic carbocycles. The van der Waals surface area contributed by atoms with Crippen molar-refractivity contribution in [3.63, 3.8) is 0 Å². The Hall–Kier alpha value is -1.06. The van der Waals surface area contributed by atoms with Crippen molar-refractivity contribution in [2.45, 2.75) is 39.1 Å². The first-order valence-electron chi connectivity index (χ1n) is 5.19. The third kappa shape index (κ3) is 3.22. The minimum absolute atomic E-state index is 0.124. The summed E-state index contributed by atoms with van der Waals surface area (Å²) >= 11 is 0. The van der Waals surface area contributed by atoms with E-state index in [1.807, 2.05) is 32.0 Å². The van der Waals surface area contributed by atoms with Gasteiger partial charge in [0.1, 0.15) is 5.75 Å². The molecule has 1 aromatic carbocycles. The van der Waals surface area contributed by atoms with Crippen molar-refractivity contribution in [1.82, 2.24) is 0 Å². The van der Waals surface area contributed by atoms with E-state index in [9.17, 15) is 10.2 Å². The van der Waals surface area contributed by atoms with Crippen LogP contribution in [-0.2, 0) is 0 Å². The molecule has 15 heavy (non-hydrogen) atoms. The van der Waals surface area contributed by atoms with E-state index in [2.05, 4.69) is 0 Å². The summed E-state index contributed by atoms with van der Waals surface area (Å²) in [5.74, 6) is -1.27. The Kier molecular flexibility index (Phi) is 3.72. The summed E-state index contributed by atoms with van der Waals surface area (Å²) in [5.41, 5.74) is 0.971. The molecule has 0 aromatic heterocycles. The van der Waals surface area contributed by atoms with Crippen molar-refractivity contribution in [3.05, 3.63) is 29.8 Å². The SMILES string of the molecule is CCC(O)(O)Oc1ccccc1C(C)C. The molecule has 0 atom stereocenters. The maximum Gasteiger partial charge on any atom is 0.321 e. The maximum absolute atomic E-state index is 9.42. The normalized spacial score (nSPS) is 11.9. The third-order valence-corrected chi connectivity index (χ3v) is 2.27. The van der Waals surface area contributed by atoms with Gasteiger partial charge in [0.2, 0.25) is 0 Å². The number of aliphatic hydroxyl groups is 2. The average Bonchev–Trinajstić information content (AvgIpc) is 2.18. The Bertz CT molecular complexity index is 318. The lowest BCUT2D eigenvalue weighted by molar-refractivity contribution is -0.293. The van der Waals surface area contributed by atoms with Gasteiger partial charge in [0.25, 0.3) is 0 Å².